The van der Waals surface area contributed by atoms with Crippen molar-refractivity contribution in [1.29, 1.82) is 0 Å². The number of rotatable bonds is 10. The summed E-state index contributed by atoms with van der Waals surface area (Å²) >= 11 is 9.53. The molecule has 0 bridgehead atoms. The van der Waals surface area contributed by atoms with Gasteiger partial charge >= 0.3 is 159 Å². The standard InChI is InChI=1S/2C7H13NS2.Pb/c2*1-2-3-4-5-6-8-7(9)10;/h2*6H,2-5H2,1H3,(H,9,10);/q;;+2/p-2. The Balaban J connectivity index is 3.59. The quantitative estimate of drug-likeness (QED) is 0.146. The summed E-state index contributed by atoms with van der Waals surface area (Å²) in [4.78, 5) is 8.62. The van der Waals surface area contributed by atoms with Crippen molar-refractivity contribution in [2.45, 2.75) is 65.2 Å². The second kappa shape index (κ2) is 17.5. The molecule has 0 atom stereocenters. The monoisotopic (exact) mass is 556 g/mol. The first-order valence-corrected chi connectivity index (χ1v) is 19.4. The van der Waals surface area contributed by atoms with Crippen molar-refractivity contribution < 1.29 is 0 Å². The minimum atomic E-state index is -0.942. The van der Waals surface area contributed by atoms with E-state index in [2.05, 4.69) is 23.8 Å². The maximum absolute atomic E-state index is 5.24. The van der Waals surface area contributed by atoms with Gasteiger partial charge in [0.1, 0.15) is 0 Å². The van der Waals surface area contributed by atoms with E-state index in [1.165, 1.54) is 38.5 Å². The molecule has 0 aliphatic carbocycles. The average Bonchev–Trinajstić information content (AvgIpc) is 2.47. The van der Waals surface area contributed by atoms with Gasteiger partial charge in [-0.15, -0.1) is 0 Å². The fourth-order valence-corrected chi connectivity index (χ4v) is 15.6. The van der Waals surface area contributed by atoms with E-state index in [0.29, 0.717) is 0 Å². The van der Waals surface area contributed by atoms with Crippen LogP contribution in [0.4, 0.5) is 0 Å². The molecule has 0 aromatic carbocycles. The molecular formula is C14H24N2PbS4. The van der Waals surface area contributed by atoms with Gasteiger partial charge in [-0.25, -0.2) is 0 Å². The van der Waals surface area contributed by atoms with Crippen LogP contribution in [-0.2, 0) is 0 Å². The Morgan fingerprint density at radius 1 is 0.857 bits per heavy atom. The van der Waals surface area contributed by atoms with Crippen molar-refractivity contribution in [3.05, 3.63) is 0 Å². The van der Waals surface area contributed by atoms with E-state index >= 15 is 0 Å². The Morgan fingerprint density at radius 3 is 1.67 bits per heavy atom. The summed E-state index contributed by atoms with van der Waals surface area (Å²) in [5.41, 5.74) is 0. The molecule has 0 saturated carbocycles. The molecule has 0 rings (SSSR count). The third-order valence-electron chi connectivity index (χ3n) is 2.52. The number of thiocarbonyl (C=S) groups is 2. The van der Waals surface area contributed by atoms with Gasteiger partial charge in [0.2, 0.25) is 0 Å². The van der Waals surface area contributed by atoms with E-state index in [1.54, 1.807) is 16.6 Å². The Kier molecular flexibility index (Phi) is 18.4. The van der Waals surface area contributed by atoms with Crippen LogP contribution in [0.1, 0.15) is 65.2 Å². The molecular weight excluding hydrogens is 532 g/mol. The third-order valence-corrected chi connectivity index (χ3v) is 18.3. The van der Waals surface area contributed by atoms with Gasteiger partial charge in [0.25, 0.3) is 0 Å². The van der Waals surface area contributed by atoms with E-state index in [-0.39, 0.29) is 0 Å². The molecule has 0 heterocycles. The molecule has 118 valence electrons. The molecule has 0 N–H and O–H groups in total. The fourth-order valence-electron chi connectivity index (χ4n) is 1.39. The zero-order chi connectivity index (χ0) is 15.8. The molecule has 0 fully saturated rings. The zero-order valence-corrected chi connectivity index (χ0v) is 20.0. The first-order valence-electron chi connectivity index (χ1n) is 7.42. The van der Waals surface area contributed by atoms with Crippen molar-refractivity contribution in [3.8, 4) is 0 Å². The van der Waals surface area contributed by atoms with Crippen molar-refractivity contribution in [1.82, 2.24) is 0 Å². The van der Waals surface area contributed by atoms with Crippen molar-refractivity contribution in [3.63, 3.8) is 0 Å². The molecule has 7 heteroatoms. The molecule has 2 nitrogen and oxygen atoms in total. The van der Waals surface area contributed by atoms with Crippen LogP contribution in [0.5, 0.6) is 0 Å². The molecule has 0 aromatic heterocycles. The van der Waals surface area contributed by atoms with Crippen LogP contribution < -0.4 is 0 Å². The first-order chi connectivity index (χ1) is 10.2. The van der Waals surface area contributed by atoms with E-state index in [1.807, 2.05) is 12.4 Å². The Bertz CT molecular complexity index is 314. The maximum atomic E-state index is 5.24. The predicted octanol–water partition coefficient (Wildman–Crippen LogP) is 5.86. The fraction of sp³-hybridized carbons (Fsp3) is 0.714. The third kappa shape index (κ3) is 17.3. The van der Waals surface area contributed by atoms with Crippen molar-refractivity contribution >= 4 is 83.4 Å². The molecule has 0 aromatic rings. The SMILES string of the molecule is CCCCCC=NC(=S)[S][Pb][S]C(=S)N=CCCCCC. The summed E-state index contributed by atoms with van der Waals surface area (Å²) in [6, 6.07) is 0. The molecule has 0 spiro atoms. The summed E-state index contributed by atoms with van der Waals surface area (Å²) in [7, 11) is 3.49. The molecule has 0 unspecified atom stereocenters. The summed E-state index contributed by atoms with van der Waals surface area (Å²) in [5.74, 6) is 0. The van der Waals surface area contributed by atoms with E-state index in [9.17, 15) is 0 Å². The van der Waals surface area contributed by atoms with Crippen molar-refractivity contribution in [2.75, 3.05) is 0 Å². The number of unbranched alkanes of at least 4 members (excludes halogenated alkanes) is 6. The number of aliphatic imine (C=N–C) groups is 2. The van der Waals surface area contributed by atoms with Crippen molar-refractivity contribution in [2.24, 2.45) is 9.98 Å². The summed E-state index contributed by atoms with van der Waals surface area (Å²) in [6.07, 6.45) is 13.4. The Morgan fingerprint density at radius 2 is 1.29 bits per heavy atom. The molecule has 0 aliphatic heterocycles. The molecule has 21 heavy (non-hydrogen) atoms. The van der Waals surface area contributed by atoms with E-state index < -0.39 is 21.2 Å². The summed E-state index contributed by atoms with van der Waals surface area (Å²) < 4.78 is 1.55. The van der Waals surface area contributed by atoms with E-state index in [4.69, 9.17) is 24.4 Å². The van der Waals surface area contributed by atoms with Crippen LogP contribution in [-0.4, -0.2) is 42.3 Å². The zero-order valence-electron chi connectivity index (χ0n) is 12.8. The van der Waals surface area contributed by atoms with Gasteiger partial charge < -0.3 is 0 Å². The van der Waals surface area contributed by atoms with Crippen LogP contribution in [0.3, 0.4) is 0 Å². The topological polar surface area (TPSA) is 24.7 Å². The Labute approximate surface area is 157 Å². The number of nitrogens with zero attached hydrogens (tertiary/aromatic N) is 2. The second-order valence-corrected chi connectivity index (χ2v) is 18.2. The van der Waals surface area contributed by atoms with Gasteiger partial charge in [0, 0.05) is 0 Å². The molecule has 2 radical (unpaired) electrons. The van der Waals surface area contributed by atoms with Crippen LogP contribution in [0.25, 0.3) is 0 Å². The normalized spacial score (nSPS) is 11.5. The second-order valence-electron chi connectivity index (χ2n) is 4.43. The van der Waals surface area contributed by atoms with Gasteiger partial charge in [0.05, 0.1) is 0 Å². The minimum absolute atomic E-state index is 0.775. The van der Waals surface area contributed by atoms with Gasteiger partial charge in [-0.3, -0.25) is 0 Å². The van der Waals surface area contributed by atoms with Crippen LogP contribution in [0.2, 0.25) is 0 Å². The number of hydrogen-bond donors (Lipinski definition) is 0. The Hall–Kier alpha value is 1.14. The van der Waals surface area contributed by atoms with E-state index in [0.717, 1.165) is 21.5 Å². The summed E-state index contributed by atoms with van der Waals surface area (Å²) in [5, 5.41) is 0. The van der Waals surface area contributed by atoms with Gasteiger partial charge in [-0.1, -0.05) is 0 Å². The van der Waals surface area contributed by atoms with Gasteiger partial charge in [-0.2, -0.15) is 0 Å². The summed E-state index contributed by atoms with van der Waals surface area (Å²) in [6.45, 7) is 4.41. The van der Waals surface area contributed by atoms with Crippen LogP contribution in [0, 0.1) is 0 Å². The van der Waals surface area contributed by atoms with Crippen LogP contribution >= 0.6 is 41.1 Å². The van der Waals surface area contributed by atoms with Gasteiger partial charge in [-0.05, 0) is 0 Å². The average molecular weight is 556 g/mol. The molecule has 0 saturated heterocycles. The first kappa shape index (κ1) is 22.1. The predicted molar refractivity (Wildman–Crippen MR) is 111 cm³/mol. The van der Waals surface area contributed by atoms with Crippen LogP contribution in [0.15, 0.2) is 9.98 Å². The molecule has 0 aliphatic rings. The number of hydrogen-bond acceptors (Lipinski definition) is 4. The van der Waals surface area contributed by atoms with Gasteiger partial charge in [0.15, 0.2) is 0 Å². The molecule has 0 amide bonds.